The Bertz CT molecular complexity index is 435. The summed E-state index contributed by atoms with van der Waals surface area (Å²) in [5.41, 5.74) is 0.0183. The van der Waals surface area contributed by atoms with E-state index in [-0.39, 0.29) is 5.60 Å². The van der Waals surface area contributed by atoms with Crippen molar-refractivity contribution in [3.8, 4) is 5.88 Å². The molecular weight excluding hydrogens is 266 g/mol. The molecule has 5 nitrogen and oxygen atoms in total. The minimum Gasteiger partial charge on any atom is -0.478 e. The predicted octanol–water partition coefficient (Wildman–Crippen LogP) is 3.42. The van der Waals surface area contributed by atoms with Crippen molar-refractivity contribution >= 4 is 5.82 Å². The average Bonchev–Trinajstić information content (AvgIpc) is 2.53. The fourth-order valence-corrected chi connectivity index (χ4v) is 2.81. The van der Waals surface area contributed by atoms with Gasteiger partial charge >= 0.3 is 0 Å². The van der Waals surface area contributed by atoms with Crippen molar-refractivity contribution in [1.82, 2.24) is 9.97 Å². The van der Waals surface area contributed by atoms with Gasteiger partial charge in [0.05, 0.1) is 12.2 Å². The van der Waals surface area contributed by atoms with Crippen LogP contribution in [0.1, 0.15) is 52.9 Å². The van der Waals surface area contributed by atoms with Gasteiger partial charge < -0.3 is 14.8 Å². The molecule has 2 heterocycles. The summed E-state index contributed by atoms with van der Waals surface area (Å²) in [5, 5.41) is 3.51. The molecule has 1 N–H and O–H groups in total. The first kappa shape index (κ1) is 16.0. The van der Waals surface area contributed by atoms with Crippen LogP contribution in [0.15, 0.2) is 12.4 Å². The minimum atomic E-state index is 0.0183. The lowest BCUT2D eigenvalue weighted by Gasteiger charge is -2.40. The molecular formula is C16H27N3O2. The maximum absolute atomic E-state index is 6.01. The Morgan fingerprint density at radius 1 is 1.33 bits per heavy atom. The highest BCUT2D eigenvalue weighted by Crippen LogP contribution is 2.32. The Kier molecular flexibility index (Phi) is 5.79. The van der Waals surface area contributed by atoms with Gasteiger partial charge in [-0.2, -0.15) is 0 Å². The second-order valence-electron chi connectivity index (χ2n) is 5.66. The minimum absolute atomic E-state index is 0.0183. The summed E-state index contributed by atoms with van der Waals surface area (Å²) in [6, 6.07) is 2.28. The molecule has 1 atom stereocenters. The second-order valence-corrected chi connectivity index (χ2v) is 5.66. The number of nitrogens with zero attached hydrogens (tertiary/aromatic N) is 2. The number of nitrogens with one attached hydrogen (secondary N) is 1. The van der Waals surface area contributed by atoms with Gasteiger partial charge in [0.25, 0.3) is 0 Å². The molecule has 2 rings (SSSR count). The van der Waals surface area contributed by atoms with Crippen molar-refractivity contribution < 1.29 is 9.47 Å². The summed E-state index contributed by atoms with van der Waals surface area (Å²) in [4.78, 5) is 8.43. The van der Waals surface area contributed by atoms with Gasteiger partial charge in [-0.1, -0.05) is 20.8 Å². The smallest absolute Gasteiger partial charge is 0.218 e. The van der Waals surface area contributed by atoms with Crippen LogP contribution in [-0.4, -0.2) is 34.8 Å². The average molecular weight is 293 g/mol. The van der Waals surface area contributed by atoms with Crippen LogP contribution in [0.5, 0.6) is 5.88 Å². The molecule has 5 heteroatoms. The molecule has 1 aliphatic rings. The van der Waals surface area contributed by atoms with Gasteiger partial charge in [-0.05, 0) is 32.1 Å². The Morgan fingerprint density at radius 3 is 2.86 bits per heavy atom. The van der Waals surface area contributed by atoms with E-state index in [1.807, 2.05) is 6.07 Å². The topological polar surface area (TPSA) is 56.3 Å². The van der Waals surface area contributed by atoms with Gasteiger partial charge in [-0.25, -0.2) is 9.97 Å². The van der Waals surface area contributed by atoms with Gasteiger partial charge in [0.1, 0.15) is 12.1 Å². The Morgan fingerprint density at radius 2 is 2.14 bits per heavy atom. The fraction of sp³-hybridized carbons (Fsp3) is 0.750. The molecule has 0 saturated carbocycles. The molecule has 1 aromatic heterocycles. The van der Waals surface area contributed by atoms with Gasteiger partial charge in [0, 0.05) is 18.7 Å². The van der Waals surface area contributed by atoms with Crippen LogP contribution in [0.4, 0.5) is 5.82 Å². The number of anilines is 1. The first-order valence-electron chi connectivity index (χ1n) is 8.06. The molecule has 0 bridgehead atoms. The molecule has 1 unspecified atom stereocenters. The number of rotatable bonds is 7. The van der Waals surface area contributed by atoms with Crippen LogP contribution in [0.25, 0.3) is 0 Å². The zero-order valence-corrected chi connectivity index (χ0v) is 13.4. The van der Waals surface area contributed by atoms with E-state index in [0.29, 0.717) is 18.5 Å². The highest BCUT2D eigenvalue weighted by molar-refractivity contribution is 5.38. The maximum Gasteiger partial charge on any atom is 0.218 e. The number of hydrogen-bond acceptors (Lipinski definition) is 5. The molecule has 0 spiro atoms. The van der Waals surface area contributed by atoms with E-state index in [0.717, 1.165) is 44.5 Å². The third-order valence-corrected chi connectivity index (χ3v) is 4.23. The normalized spacial score (nSPS) is 21.0. The third-order valence-electron chi connectivity index (χ3n) is 4.23. The lowest BCUT2D eigenvalue weighted by molar-refractivity contribution is -0.0864. The molecule has 0 aliphatic carbocycles. The highest BCUT2D eigenvalue weighted by atomic mass is 16.5. The Hall–Kier alpha value is -1.36. The molecule has 21 heavy (non-hydrogen) atoms. The van der Waals surface area contributed by atoms with Crippen LogP contribution in [-0.2, 0) is 4.74 Å². The van der Waals surface area contributed by atoms with Crippen LogP contribution < -0.4 is 10.1 Å². The highest BCUT2D eigenvalue weighted by Gasteiger charge is 2.34. The lowest BCUT2D eigenvalue weighted by atomic mass is 9.86. The number of aromatic nitrogens is 2. The zero-order valence-electron chi connectivity index (χ0n) is 13.4. The summed E-state index contributed by atoms with van der Waals surface area (Å²) < 4.78 is 11.6. The Balaban J connectivity index is 1.97. The number of ether oxygens (including phenoxy) is 2. The van der Waals surface area contributed by atoms with Gasteiger partial charge in [0.2, 0.25) is 5.88 Å². The first-order valence-corrected chi connectivity index (χ1v) is 8.06. The third kappa shape index (κ3) is 4.30. The summed E-state index contributed by atoms with van der Waals surface area (Å²) in [5.74, 6) is 1.47. The standard InChI is InChI=1S/C16H27N3O2/c1-4-8-20-15-10-14(17-12-18-15)19-13-7-9-21-16(5-2,6-3)11-13/h10,12-13H,4-9,11H2,1-3H3,(H,17,18,19). The predicted molar refractivity (Wildman–Crippen MR) is 83.7 cm³/mol. The lowest BCUT2D eigenvalue weighted by Crippen LogP contribution is -2.43. The summed E-state index contributed by atoms with van der Waals surface area (Å²) in [6.07, 6.45) is 6.67. The van der Waals surface area contributed by atoms with Crippen molar-refractivity contribution in [2.45, 2.75) is 64.5 Å². The SMILES string of the molecule is CCCOc1cc(NC2CCOC(CC)(CC)C2)ncn1. The van der Waals surface area contributed by atoms with Crippen molar-refractivity contribution in [3.05, 3.63) is 12.4 Å². The van der Waals surface area contributed by atoms with E-state index >= 15 is 0 Å². The van der Waals surface area contributed by atoms with Crippen molar-refractivity contribution in [2.75, 3.05) is 18.5 Å². The second kappa shape index (κ2) is 7.59. The van der Waals surface area contributed by atoms with E-state index in [9.17, 15) is 0 Å². The molecule has 1 saturated heterocycles. The van der Waals surface area contributed by atoms with Crippen molar-refractivity contribution in [1.29, 1.82) is 0 Å². The molecule has 1 aromatic rings. The Labute approximate surface area is 127 Å². The number of hydrogen-bond donors (Lipinski definition) is 1. The van der Waals surface area contributed by atoms with E-state index in [4.69, 9.17) is 9.47 Å². The van der Waals surface area contributed by atoms with Crippen LogP contribution in [0.3, 0.4) is 0 Å². The van der Waals surface area contributed by atoms with Gasteiger partial charge in [-0.15, -0.1) is 0 Å². The largest absolute Gasteiger partial charge is 0.478 e. The summed E-state index contributed by atoms with van der Waals surface area (Å²) in [6.45, 7) is 7.98. The van der Waals surface area contributed by atoms with E-state index < -0.39 is 0 Å². The van der Waals surface area contributed by atoms with E-state index in [2.05, 4.69) is 36.1 Å². The van der Waals surface area contributed by atoms with Crippen molar-refractivity contribution in [3.63, 3.8) is 0 Å². The summed E-state index contributed by atoms with van der Waals surface area (Å²) in [7, 11) is 0. The molecule has 0 radical (unpaired) electrons. The monoisotopic (exact) mass is 293 g/mol. The van der Waals surface area contributed by atoms with Crippen molar-refractivity contribution in [2.24, 2.45) is 0 Å². The zero-order chi connectivity index (χ0) is 15.1. The van der Waals surface area contributed by atoms with E-state index in [1.54, 1.807) is 6.33 Å². The molecule has 0 aromatic carbocycles. The quantitative estimate of drug-likeness (QED) is 0.835. The first-order chi connectivity index (χ1) is 10.2. The van der Waals surface area contributed by atoms with Gasteiger partial charge in [0.15, 0.2) is 0 Å². The van der Waals surface area contributed by atoms with Gasteiger partial charge in [-0.3, -0.25) is 0 Å². The van der Waals surface area contributed by atoms with E-state index in [1.165, 1.54) is 0 Å². The van der Waals surface area contributed by atoms with Crippen LogP contribution in [0.2, 0.25) is 0 Å². The molecule has 0 amide bonds. The molecule has 1 aliphatic heterocycles. The fourth-order valence-electron chi connectivity index (χ4n) is 2.81. The van der Waals surface area contributed by atoms with Crippen LogP contribution >= 0.6 is 0 Å². The summed E-state index contributed by atoms with van der Waals surface area (Å²) >= 11 is 0. The molecule has 118 valence electrons. The van der Waals surface area contributed by atoms with Crippen LogP contribution in [0, 0.1) is 0 Å². The maximum atomic E-state index is 6.01. The molecule has 1 fully saturated rings.